The number of hydrogen-bond donors (Lipinski definition) is 2. The van der Waals surface area contributed by atoms with Gasteiger partial charge in [0.25, 0.3) is 0 Å². The number of nitrogens with one attached hydrogen (secondary N) is 1. The van der Waals surface area contributed by atoms with Crippen molar-refractivity contribution in [2.24, 2.45) is 5.92 Å². The number of nitrogens with zero attached hydrogens (tertiary/aromatic N) is 1. The molecule has 1 aliphatic heterocycles. The largest absolute Gasteiger partial charge is 0.478 e. The van der Waals surface area contributed by atoms with Gasteiger partial charge in [0.05, 0.1) is 0 Å². The lowest BCUT2D eigenvalue weighted by atomic mass is 9.97. The van der Waals surface area contributed by atoms with E-state index in [0.29, 0.717) is 18.0 Å². The molecule has 18 heavy (non-hydrogen) atoms. The fourth-order valence-electron chi connectivity index (χ4n) is 2.26. The third-order valence-electron chi connectivity index (χ3n) is 3.50. The Morgan fingerprint density at radius 2 is 2.00 bits per heavy atom. The monoisotopic (exact) mass is 254 g/mol. The van der Waals surface area contributed by atoms with Gasteiger partial charge in [-0.1, -0.05) is 0 Å². The van der Waals surface area contributed by atoms with Crippen LogP contribution in [0.3, 0.4) is 0 Å². The fourth-order valence-corrected chi connectivity index (χ4v) is 2.26. The molecule has 5 heteroatoms. The van der Waals surface area contributed by atoms with E-state index in [0.717, 1.165) is 25.9 Å². The second kappa shape index (κ2) is 6.54. The summed E-state index contributed by atoms with van der Waals surface area (Å²) in [5.41, 5.74) is 0.475. The van der Waals surface area contributed by atoms with Gasteiger partial charge in [-0.15, -0.1) is 0 Å². The summed E-state index contributed by atoms with van der Waals surface area (Å²) < 4.78 is 0. The summed E-state index contributed by atoms with van der Waals surface area (Å²) in [5, 5.41) is 12.0. The maximum absolute atomic E-state index is 12.2. The molecule has 1 unspecified atom stereocenters. The standard InChI is InChI=1S/C13H22N2O3/c1-9(10(2)13(17)18)12(16)15-6-4-5-11(8-15)7-14-3/h11,14H,4-8H2,1-3H3,(H,17,18). The van der Waals surface area contributed by atoms with Crippen molar-refractivity contribution < 1.29 is 14.7 Å². The zero-order valence-corrected chi connectivity index (χ0v) is 11.3. The molecule has 1 fully saturated rings. The SMILES string of the molecule is CNCC1CCCN(C(=O)C(C)=C(C)C(=O)O)C1. The van der Waals surface area contributed by atoms with Crippen molar-refractivity contribution in [3.63, 3.8) is 0 Å². The van der Waals surface area contributed by atoms with E-state index in [2.05, 4.69) is 5.32 Å². The van der Waals surface area contributed by atoms with E-state index < -0.39 is 5.97 Å². The Labute approximate surface area is 108 Å². The molecule has 0 saturated carbocycles. The van der Waals surface area contributed by atoms with Crippen LogP contribution in [0.2, 0.25) is 0 Å². The highest BCUT2D eigenvalue weighted by Crippen LogP contribution is 2.18. The molecule has 0 bridgehead atoms. The molecule has 1 aliphatic rings. The maximum atomic E-state index is 12.2. The Balaban J connectivity index is 2.72. The third kappa shape index (κ3) is 3.57. The number of carboxylic acids is 1. The summed E-state index contributed by atoms with van der Waals surface area (Å²) in [6.45, 7) is 5.40. The molecule has 102 valence electrons. The van der Waals surface area contributed by atoms with Crippen molar-refractivity contribution >= 4 is 11.9 Å². The van der Waals surface area contributed by atoms with Crippen LogP contribution in [0.1, 0.15) is 26.7 Å². The molecule has 0 aromatic heterocycles. The van der Waals surface area contributed by atoms with E-state index in [1.165, 1.54) is 6.92 Å². The van der Waals surface area contributed by atoms with Gasteiger partial charge < -0.3 is 15.3 Å². The van der Waals surface area contributed by atoms with Crippen LogP contribution in [0.15, 0.2) is 11.1 Å². The van der Waals surface area contributed by atoms with Crippen molar-refractivity contribution in [2.45, 2.75) is 26.7 Å². The lowest BCUT2D eigenvalue weighted by Gasteiger charge is -2.33. The van der Waals surface area contributed by atoms with Crippen molar-refractivity contribution in [2.75, 3.05) is 26.7 Å². The van der Waals surface area contributed by atoms with E-state index in [1.54, 1.807) is 11.8 Å². The highest BCUT2D eigenvalue weighted by Gasteiger charge is 2.25. The Kier molecular flexibility index (Phi) is 5.34. The molecule has 2 N–H and O–H groups in total. The Hall–Kier alpha value is -1.36. The topological polar surface area (TPSA) is 69.6 Å². The predicted octanol–water partition coefficient (Wildman–Crippen LogP) is 0.865. The average Bonchev–Trinajstić information content (AvgIpc) is 2.36. The molecule has 0 aromatic rings. The first kappa shape index (κ1) is 14.7. The van der Waals surface area contributed by atoms with Crippen LogP contribution in [0.4, 0.5) is 0 Å². The fraction of sp³-hybridized carbons (Fsp3) is 0.692. The van der Waals surface area contributed by atoms with Crippen molar-refractivity contribution in [3.05, 3.63) is 11.1 Å². The minimum atomic E-state index is -1.02. The zero-order chi connectivity index (χ0) is 13.7. The highest BCUT2D eigenvalue weighted by atomic mass is 16.4. The van der Waals surface area contributed by atoms with Crippen LogP contribution in [-0.4, -0.2) is 48.6 Å². The van der Waals surface area contributed by atoms with Crippen LogP contribution >= 0.6 is 0 Å². The summed E-state index contributed by atoms with van der Waals surface area (Å²) in [4.78, 5) is 24.8. The number of likely N-dealkylation sites (tertiary alicyclic amines) is 1. The van der Waals surface area contributed by atoms with Gasteiger partial charge in [0.1, 0.15) is 0 Å². The van der Waals surface area contributed by atoms with Gasteiger partial charge in [0, 0.05) is 24.2 Å². The summed E-state index contributed by atoms with van der Waals surface area (Å²) in [5.74, 6) is -0.703. The van der Waals surface area contributed by atoms with E-state index in [9.17, 15) is 9.59 Å². The first-order valence-corrected chi connectivity index (χ1v) is 6.32. The van der Waals surface area contributed by atoms with Crippen molar-refractivity contribution in [3.8, 4) is 0 Å². The van der Waals surface area contributed by atoms with Crippen LogP contribution in [0.25, 0.3) is 0 Å². The Morgan fingerprint density at radius 3 is 2.56 bits per heavy atom. The molecule has 0 aliphatic carbocycles. The highest BCUT2D eigenvalue weighted by molar-refractivity contribution is 6.01. The third-order valence-corrected chi connectivity index (χ3v) is 3.50. The second-order valence-corrected chi connectivity index (χ2v) is 4.87. The summed E-state index contributed by atoms with van der Waals surface area (Å²) in [6, 6.07) is 0. The lowest BCUT2D eigenvalue weighted by molar-refractivity contribution is -0.134. The van der Waals surface area contributed by atoms with Crippen LogP contribution in [-0.2, 0) is 9.59 Å². The predicted molar refractivity (Wildman–Crippen MR) is 69.2 cm³/mol. The van der Waals surface area contributed by atoms with Gasteiger partial charge in [0.2, 0.25) is 5.91 Å². The van der Waals surface area contributed by atoms with Gasteiger partial charge in [0.15, 0.2) is 0 Å². The number of hydrogen-bond acceptors (Lipinski definition) is 3. The molecule has 1 heterocycles. The quantitative estimate of drug-likeness (QED) is 0.730. The van der Waals surface area contributed by atoms with Crippen molar-refractivity contribution in [1.82, 2.24) is 10.2 Å². The van der Waals surface area contributed by atoms with Gasteiger partial charge >= 0.3 is 5.97 Å². The summed E-state index contributed by atoms with van der Waals surface area (Å²) in [6.07, 6.45) is 2.10. The number of amides is 1. The summed E-state index contributed by atoms with van der Waals surface area (Å²) in [7, 11) is 1.90. The van der Waals surface area contributed by atoms with Gasteiger partial charge in [-0.2, -0.15) is 0 Å². The number of aliphatic carboxylic acids is 1. The Morgan fingerprint density at radius 1 is 1.33 bits per heavy atom. The molecule has 0 spiro atoms. The number of piperidine rings is 1. The maximum Gasteiger partial charge on any atom is 0.331 e. The molecule has 1 saturated heterocycles. The molecular weight excluding hydrogens is 232 g/mol. The van der Waals surface area contributed by atoms with Gasteiger partial charge in [-0.25, -0.2) is 4.79 Å². The van der Waals surface area contributed by atoms with Gasteiger partial charge in [-0.3, -0.25) is 4.79 Å². The minimum Gasteiger partial charge on any atom is -0.478 e. The zero-order valence-electron chi connectivity index (χ0n) is 11.3. The number of carboxylic acid groups (broad SMARTS) is 1. The molecule has 5 nitrogen and oxygen atoms in total. The smallest absolute Gasteiger partial charge is 0.331 e. The molecule has 0 aromatic carbocycles. The summed E-state index contributed by atoms with van der Waals surface area (Å²) >= 11 is 0. The molecule has 1 rings (SSSR count). The lowest BCUT2D eigenvalue weighted by Crippen LogP contribution is -2.43. The molecule has 1 amide bonds. The molecule has 1 atom stereocenters. The van der Waals surface area contributed by atoms with Crippen molar-refractivity contribution in [1.29, 1.82) is 0 Å². The van der Waals surface area contributed by atoms with Crippen LogP contribution < -0.4 is 5.32 Å². The first-order valence-electron chi connectivity index (χ1n) is 6.32. The minimum absolute atomic E-state index is 0.135. The number of carbonyl (C=O) groups excluding carboxylic acids is 1. The second-order valence-electron chi connectivity index (χ2n) is 4.87. The van der Waals surface area contributed by atoms with E-state index >= 15 is 0 Å². The number of rotatable bonds is 4. The van der Waals surface area contributed by atoms with Crippen LogP contribution in [0.5, 0.6) is 0 Å². The van der Waals surface area contributed by atoms with Crippen LogP contribution in [0, 0.1) is 5.92 Å². The molecular formula is C13H22N2O3. The normalized spacial score (nSPS) is 21.5. The Bertz CT molecular complexity index is 361. The van der Waals surface area contributed by atoms with Gasteiger partial charge in [-0.05, 0) is 46.2 Å². The average molecular weight is 254 g/mol. The van der Waals surface area contributed by atoms with E-state index in [-0.39, 0.29) is 11.5 Å². The first-order chi connectivity index (χ1) is 8.47. The van der Waals surface area contributed by atoms with E-state index in [1.807, 2.05) is 7.05 Å². The molecule has 0 radical (unpaired) electrons. The van der Waals surface area contributed by atoms with E-state index in [4.69, 9.17) is 5.11 Å². The number of carbonyl (C=O) groups is 2.